The molecule has 0 bridgehead atoms. The predicted octanol–water partition coefficient (Wildman–Crippen LogP) is 6.56. The summed E-state index contributed by atoms with van der Waals surface area (Å²) in [6, 6.07) is 11.0. The minimum absolute atomic E-state index is 0.0615. The lowest BCUT2D eigenvalue weighted by molar-refractivity contribution is -0.143. The summed E-state index contributed by atoms with van der Waals surface area (Å²) < 4.78 is 87.4. The predicted molar refractivity (Wildman–Crippen MR) is 156 cm³/mol. The molecule has 44 heavy (non-hydrogen) atoms. The number of morpholine rings is 1. The number of alkyl halides is 6. The molecule has 1 amide bonds. The third-order valence-corrected chi connectivity index (χ3v) is 8.58. The van der Waals surface area contributed by atoms with Crippen LogP contribution in [0.15, 0.2) is 54.7 Å². The van der Waals surface area contributed by atoms with Crippen LogP contribution in [0.25, 0.3) is 11.1 Å². The Morgan fingerprint density at radius 3 is 2.18 bits per heavy atom. The van der Waals surface area contributed by atoms with Crippen molar-refractivity contribution in [3.8, 4) is 11.1 Å². The van der Waals surface area contributed by atoms with E-state index in [-0.39, 0.29) is 12.1 Å². The van der Waals surface area contributed by atoms with E-state index in [1.807, 2.05) is 37.3 Å². The highest BCUT2D eigenvalue weighted by atomic mass is 19.4. The first-order valence-electron chi connectivity index (χ1n) is 14.3. The van der Waals surface area contributed by atoms with E-state index in [1.165, 1.54) is 25.8 Å². The number of nitrogens with zero attached hydrogens (tertiary/aromatic N) is 4. The fourth-order valence-corrected chi connectivity index (χ4v) is 5.89. The molecule has 1 atom stereocenters. The first-order valence-corrected chi connectivity index (χ1v) is 14.3. The number of hydrogen-bond donors (Lipinski definition) is 0. The fraction of sp³-hybridized carbons (Fsp3) is 0.438. The summed E-state index contributed by atoms with van der Waals surface area (Å²) in [5.74, 6) is 0.00679. The Kier molecular flexibility index (Phi) is 8.45. The lowest BCUT2D eigenvalue weighted by Crippen LogP contribution is -2.58. The number of halogens is 6. The van der Waals surface area contributed by atoms with E-state index >= 15 is 0 Å². The van der Waals surface area contributed by atoms with E-state index in [9.17, 15) is 31.1 Å². The van der Waals surface area contributed by atoms with Crippen molar-refractivity contribution in [3.63, 3.8) is 0 Å². The summed E-state index contributed by atoms with van der Waals surface area (Å²) >= 11 is 0. The standard InChI is InChI=1S/C32H34F6N4O2/c1-20-7-5-6-8-25(20)26-16-28(42-10-9-41-11-12-44-19-24(41)18-42)39-17-27(26)40(4)29(43)30(2,3)21-13-22(31(33,34)35)15-23(14-21)32(36,37)38/h5-8,13-17,24H,9-12,18-19H2,1-4H3. The van der Waals surface area contributed by atoms with Crippen LogP contribution in [-0.4, -0.2) is 68.3 Å². The molecule has 2 saturated heterocycles. The number of likely N-dealkylation sites (N-methyl/N-ethyl adjacent to an activating group) is 1. The molecule has 1 unspecified atom stereocenters. The normalized spacial score (nSPS) is 18.2. The molecule has 2 fully saturated rings. The van der Waals surface area contributed by atoms with Gasteiger partial charge < -0.3 is 14.5 Å². The summed E-state index contributed by atoms with van der Waals surface area (Å²) in [6.45, 7) is 9.06. The monoisotopic (exact) mass is 620 g/mol. The number of ether oxygens (including phenoxy) is 1. The van der Waals surface area contributed by atoms with Crippen LogP contribution in [0.2, 0.25) is 0 Å². The largest absolute Gasteiger partial charge is 0.416 e. The number of benzene rings is 2. The van der Waals surface area contributed by atoms with E-state index in [2.05, 4.69) is 14.8 Å². The molecule has 236 valence electrons. The van der Waals surface area contributed by atoms with E-state index < -0.39 is 40.4 Å². The van der Waals surface area contributed by atoms with E-state index in [4.69, 9.17) is 4.74 Å². The van der Waals surface area contributed by atoms with Crippen molar-refractivity contribution in [2.75, 3.05) is 56.2 Å². The molecule has 0 spiro atoms. The van der Waals surface area contributed by atoms with Crippen LogP contribution in [0.4, 0.5) is 37.8 Å². The number of aryl methyl sites for hydroxylation is 1. The topological polar surface area (TPSA) is 48.9 Å². The number of piperazine rings is 1. The van der Waals surface area contributed by atoms with Gasteiger partial charge in [-0.15, -0.1) is 0 Å². The van der Waals surface area contributed by atoms with Gasteiger partial charge in [-0.2, -0.15) is 26.3 Å². The maximum Gasteiger partial charge on any atom is 0.416 e. The van der Waals surface area contributed by atoms with Crippen LogP contribution in [-0.2, 0) is 27.3 Å². The highest BCUT2D eigenvalue weighted by Gasteiger charge is 2.41. The number of rotatable bonds is 5. The van der Waals surface area contributed by atoms with Gasteiger partial charge >= 0.3 is 12.4 Å². The molecule has 2 aliphatic rings. The van der Waals surface area contributed by atoms with Gasteiger partial charge in [-0.25, -0.2) is 4.98 Å². The van der Waals surface area contributed by atoms with Crippen molar-refractivity contribution < 1.29 is 35.9 Å². The number of hydrogen-bond acceptors (Lipinski definition) is 5. The number of anilines is 2. The van der Waals surface area contributed by atoms with E-state index in [1.54, 1.807) is 6.20 Å². The van der Waals surface area contributed by atoms with Gasteiger partial charge in [0.05, 0.1) is 47.7 Å². The molecule has 12 heteroatoms. The number of carbonyl (C=O) groups excluding carboxylic acids is 1. The summed E-state index contributed by atoms with van der Waals surface area (Å²) in [7, 11) is 1.46. The minimum Gasteiger partial charge on any atom is -0.378 e. The second-order valence-electron chi connectivity index (χ2n) is 11.9. The summed E-state index contributed by atoms with van der Waals surface area (Å²) in [5, 5.41) is 0. The van der Waals surface area contributed by atoms with Crippen molar-refractivity contribution in [1.29, 1.82) is 0 Å². The van der Waals surface area contributed by atoms with Gasteiger partial charge in [-0.1, -0.05) is 24.3 Å². The third kappa shape index (κ3) is 6.28. The van der Waals surface area contributed by atoms with Crippen molar-refractivity contribution >= 4 is 17.4 Å². The molecule has 6 nitrogen and oxygen atoms in total. The van der Waals surface area contributed by atoms with Gasteiger partial charge in [0.15, 0.2) is 0 Å². The number of amides is 1. The average molecular weight is 621 g/mol. The highest BCUT2D eigenvalue weighted by molar-refractivity contribution is 6.03. The molecule has 0 radical (unpaired) electrons. The zero-order chi connectivity index (χ0) is 32.0. The Balaban J connectivity index is 1.54. The van der Waals surface area contributed by atoms with Crippen molar-refractivity contribution in [2.24, 2.45) is 0 Å². The van der Waals surface area contributed by atoms with Gasteiger partial charge in [-0.05, 0) is 61.7 Å². The lowest BCUT2D eigenvalue weighted by Gasteiger charge is -2.44. The fourth-order valence-electron chi connectivity index (χ4n) is 5.89. The number of carbonyl (C=O) groups is 1. The zero-order valence-electron chi connectivity index (χ0n) is 24.9. The molecule has 3 heterocycles. The summed E-state index contributed by atoms with van der Waals surface area (Å²) in [4.78, 5) is 24.5. The van der Waals surface area contributed by atoms with E-state index in [0.29, 0.717) is 49.0 Å². The summed E-state index contributed by atoms with van der Waals surface area (Å²) in [5.41, 5.74) is -2.31. The molecular weight excluding hydrogens is 586 g/mol. The van der Waals surface area contributed by atoms with Crippen LogP contribution in [0, 0.1) is 6.92 Å². The molecule has 2 aliphatic heterocycles. The van der Waals surface area contributed by atoms with Gasteiger partial charge in [-0.3, -0.25) is 9.69 Å². The lowest BCUT2D eigenvalue weighted by atomic mass is 9.81. The molecular formula is C32H34F6N4O2. The Bertz CT molecular complexity index is 1510. The third-order valence-electron chi connectivity index (χ3n) is 8.58. The SMILES string of the molecule is Cc1ccccc1-c1cc(N2CCN3CCOCC3C2)ncc1N(C)C(=O)C(C)(C)c1cc(C(F)(F)F)cc(C(F)(F)F)c1. The first kappa shape index (κ1) is 31.8. The molecule has 0 aliphatic carbocycles. The molecule has 3 aromatic rings. The van der Waals surface area contributed by atoms with Crippen LogP contribution >= 0.6 is 0 Å². The molecule has 0 N–H and O–H groups in total. The number of pyridine rings is 1. The van der Waals surface area contributed by atoms with Gasteiger partial charge in [0.25, 0.3) is 0 Å². The van der Waals surface area contributed by atoms with Crippen molar-refractivity contribution in [2.45, 2.75) is 44.6 Å². The summed E-state index contributed by atoms with van der Waals surface area (Å²) in [6.07, 6.45) is -8.52. The van der Waals surface area contributed by atoms with Crippen molar-refractivity contribution in [1.82, 2.24) is 9.88 Å². The van der Waals surface area contributed by atoms with Crippen LogP contribution in [0.5, 0.6) is 0 Å². The van der Waals surface area contributed by atoms with Crippen molar-refractivity contribution in [3.05, 3.63) is 77.0 Å². The second kappa shape index (κ2) is 11.7. The van der Waals surface area contributed by atoms with E-state index in [0.717, 1.165) is 30.8 Å². The first-order chi connectivity index (χ1) is 20.6. The zero-order valence-corrected chi connectivity index (χ0v) is 24.9. The Morgan fingerprint density at radius 1 is 0.909 bits per heavy atom. The highest BCUT2D eigenvalue weighted by Crippen LogP contribution is 2.41. The van der Waals surface area contributed by atoms with Crippen LogP contribution in [0.1, 0.15) is 36.1 Å². The second-order valence-corrected chi connectivity index (χ2v) is 11.9. The van der Waals surface area contributed by atoms with Gasteiger partial charge in [0.2, 0.25) is 5.91 Å². The molecule has 5 rings (SSSR count). The van der Waals surface area contributed by atoms with Gasteiger partial charge in [0.1, 0.15) is 5.82 Å². The minimum atomic E-state index is -5.03. The molecule has 1 aromatic heterocycles. The smallest absolute Gasteiger partial charge is 0.378 e. The number of aromatic nitrogens is 1. The quantitative estimate of drug-likeness (QED) is 0.303. The Labute approximate surface area is 252 Å². The number of fused-ring (bicyclic) bond motifs is 1. The van der Waals surface area contributed by atoms with Crippen LogP contribution < -0.4 is 9.80 Å². The maximum atomic E-state index is 14.0. The molecule has 0 saturated carbocycles. The Morgan fingerprint density at radius 2 is 1.55 bits per heavy atom. The maximum absolute atomic E-state index is 14.0. The van der Waals surface area contributed by atoms with Gasteiger partial charge in [0, 0.05) is 38.8 Å². The average Bonchev–Trinajstić information content (AvgIpc) is 2.99. The molecule has 2 aromatic carbocycles. The van der Waals surface area contributed by atoms with Crippen LogP contribution in [0.3, 0.4) is 0 Å². The Hall–Kier alpha value is -3.64.